The Balaban J connectivity index is 1.41. The molecule has 0 aliphatic carbocycles. The van der Waals surface area contributed by atoms with Crippen molar-refractivity contribution in [3.63, 3.8) is 0 Å². The molecule has 0 unspecified atom stereocenters. The maximum absolute atomic E-state index is 12.5. The minimum absolute atomic E-state index is 0.0362. The molecule has 170 valence electrons. The first-order valence-corrected chi connectivity index (χ1v) is 12.7. The molecule has 0 bridgehead atoms. The van der Waals surface area contributed by atoms with Crippen molar-refractivity contribution in [3.8, 4) is 11.5 Å². The summed E-state index contributed by atoms with van der Waals surface area (Å²) in [4.78, 5) is 19.1. The van der Waals surface area contributed by atoms with Crippen molar-refractivity contribution >= 4 is 28.3 Å². The highest BCUT2D eigenvalue weighted by atomic mass is 35.5. The average molecular weight is 466 g/mol. The number of likely N-dealkylation sites (tertiary alicyclic amines) is 1. The average Bonchev–Trinajstić information content (AvgIpc) is 3.05. The number of rotatable bonds is 9. The Kier molecular flexibility index (Phi) is 8.69. The van der Waals surface area contributed by atoms with E-state index in [0.717, 1.165) is 37.9 Å². The highest BCUT2D eigenvalue weighted by molar-refractivity contribution is 7.84. The molecule has 3 atom stereocenters. The quantitative estimate of drug-likeness (QED) is 0.565. The first-order valence-electron chi connectivity index (χ1n) is 10.9. The van der Waals surface area contributed by atoms with Gasteiger partial charge in [-0.1, -0.05) is 37.6 Å². The molecule has 8 heteroatoms. The van der Waals surface area contributed by atoms with E-state index in [1.807, 2.05) is 18.2 Å². The lowest BCUT2D eigenvalue weighted by atomic mass is 9.92. The van der Waals surface area contributed by atoms with Gasteiger partial charge in [0.25, 0.3) is 0 Å². The predicted molar refractivity (Wildman–Crippen MR) is 125 cm³/mol. The summed E-state index contributed by atoms with van der Waals surface area (Å²) in [6.45, 7) is 10.2. The largest absolute Gasteiger partial charge is 0.441 e. The van der Waals surface area contributed by atoms with Crippen LogP contribution in [0.2, 0.25) is 5.02 Å². The van der Waals surface area contributed by atoms with Crippen molar-refractivity contribution in [2.75, 3.05) is 31.9 Å². The Hall–Kier alpha value is -1.70. The molecular weight excluding hydrogens is 434 g/mol. The van der Waals surface area contributed by atoms with Crippen LogP contribution in [0.5, 0.6) is 0 Å². The zero-order valence-corrected chi connectivity index (χ0v) is 20.1. The Morgan fingerprint density at radius 2 is 2.00 bits per heavy atom. The number of halogens is 1. The Morgan fingerprint density at radius 1 is 1.29 bits per heavy atom. The van der Waals surface area contributed by atoms with Gasteiger partial charge in [-0.25, -0.2) is 4.98 Å². The number of carbonyl (C=O) groups excluding carboxylic acids is 1. The van der Waals surface area contributed by atoms with E-state index in [4.69, 9.17) is 16.0 Å². The molecule has 3 rings (SSSR count). The fourth-order valence-corrected chi connectivity index (χ4v) is 5.50. The van der Waals surface area contributed by atoms with Gasteiger partial charge in [0.2, 0.25) is 11.8 Å². The molecule has 0 spiro atoms. The molecule has 0 saturated carbocycles. The van der Waals surface area contributed by atoms with Gasteiger partial charge < -0.3 is 14.6 Å². The third-order valence-electron chi connectivity index (χ3n) is 5.50. The molecule has 2 heterocycles. The standard InChI is InChI=1S/C23H32ClN3O3S/c1-16-11-17(2)13-27(12-16)10-6-9-25-22(28)15-31(29)14-21-18(3)30-23(26-21)19-7-4-5-8-20(19)24/h4-5,7-8,16-17H,6,9-15H2,1-3H3,(H,25,28)/t16-,17-,31+/m0/s1. The number of amides is 1. The van der Waals surface area contributed by atoms with Crippen molar-refractivity contribution in [3.05, 3.63) is 40.7 Å². The van der Waals surface area contributed by atoms with Crippen LogP contribution < -0.4 is 5.32 Å². The number of oxazole rings is 1. The first kappa shape index (κ1) is 24.0. The predicted octanol–water partition coefficient (Wildman–Crippen LogP) is 4.04. The molecule has 6 nitrogen and oxygen atoms in total. The molecule has 31 heavy (non-hydrogen) atoms. The van der Waals surface area contributed by atoms with Crippen LogP contribution in [0.15, 0.2) is 28.7 Å². The van der Waals surface area contributed by atoms with Gasteiger partial charge in [-0.15, -0.1) is 0 Å². The van der Waals surface area contributed by atoms with Gasteiger partial charge in [0.15, 0.2) is 0 Å². The topological polar surface area (TPSA) is 75.4 Å². The van der Waals surface area contributed by atoms with Crippen molar-refractivity contribution in [1.82, 2.24) is 15.2 Å². The number of nitrogens with one attached hydrogen (secondary N) is 1. The van der Waals surface area contributed by atoms with Gasteiger partial charge in [0.1, 0.15) is 11.5 Å². The first-order chi connectivity index (χ1) is 14.8. The molecule has 1 saturated heterocycles. The van der Waals surface area contributed by atoms with Gasteiger partial charge in [0, 0.05) is 30.4 Å². The lowest BCUT2D eigenvalue weighted by molar-refractivity contribution is -0.118. The van der Waals surface area contributed by atoms with Gasteiger partial charge in [0.05, 0.1) is 22.0 Å². The number of piperidine rings is 1. The molecule has 1 aromatic heterocycles. The minimum Gasteiger partial charge on any atom is -0.441 e. The number of aromatic nitrogens is 1. The SMILES string of the molecule is Cc1oc(-c2ccccc2Cl)nc1C[S@@](=O)CC(=O)NCCCN1C[C@@H](C)C[C@H](C)C1. The molecule has 0 radical (unpaired) electrons. The highest BCUT2D eigenvalue weighted by Crippen LogP contribution is 2.28. The van der Waals surface area contributed by atoms with Crippen LogP contribution in [0.25, 0.3) is 11.5 Å². The van der Waals surface area contributed by atoms with Crippen molar-refractivity contribution < 1.29 is 13.4 Å². The molecule has 1 amide bonds. The summed E-state index contributed by atoms with van der Waals surface area (Å²) in [7, 11) is -1.36. The molecular formula is C23H32ClN3O3S. The number of hydrogen-bond acceptors (Lipinski definition) is 5. The smallest absolute Gasteiger partial charge is 0.232 e. The second kappa shape index (κ2) is 11.2. The van der Waals surface area contributed by atoms with Crippen LogP contribution in [0, 0.1) is 18.8 Å². The Morgan fingerprint density at radius 3 is 2.71 bits per heavy atom. The van der Waals surface area contributed by atoms with Crippen LogP contribution in [0.3, 0.4) is 0 Å². The third-order valence-corrected chi connectivity index (χ3v) is 7.01. The summed E-state index contributed by atoms with van der Waals surface area (Å²) in [6, 6.07) is 7.29. The van der Waals surface area contributed by atoms with E-state index in [-0.39, 0.29) is 17.4 Å². The van der Waals surface area contributed by atoms with E-state index in [9.17, 15) is 9.00 Å². The molecule has 1 aromatic carbocycles. The Bertz CT molecular complexity index is 907. The molecule has 1 N–H and O–H groups in total. The van der Waals surface area contributed by atoms with Crippen molar-refractivity contribution in [2.24, 2.45) is 11.8 Å². The molecule has 1 aliphatic rings. The lowest BCUT2D eigenvalue weighted by Crippen LogP contribution is -2.40. The van der Waals surface area contributed by atoms with Crippen LogP contribution >= 0.6 is 11.6 Å². The highest BCUT2D eigenvalue weighted by Gasteiger charge is 2.21. The van der Waals surface area contributed by atoms with Crippen LogP contribution in [0.1, 0.15) is 38.1 Å². The number of aryl methyl sites for hydroxylation is 1. The normalized spacial score (nSPS) is 20.5. The maximum atomic E-state index is 12.5. The monoisotopic (exact) mass is 465 g/mol. The minimum atomic E-state index is -1.36. The summed E-state index contributed by atoms with van der Waals surface area (Å²) < 4.78 is 18.2. The summed E-state index contributed by atoms with van der Waals surface area (Å²) in [5.74, 6) is 2.42. The number of nitrogens with zero attached hydrogens (tertiary/aromatic N) is 2. The van der Waals surface area contributed by atoms with E-state index in [2.05, 4.69) is 29.0 Å². The summed E-state index contributed by atoms with van der Waals surface area (Å²) >= 11 is 6.20. The maximum Gasteiger partial charge on any atom is 0.232 e. The zero-order valence-electron chi connectivity index (χ0n) is 18.5. The Labute approximate surface area is 192 Å². The lowest BCUT2D eigenvalue weighted by Gasteiger charge is -2.34. The van der Waals surface area contributed by atoms with E-state index >= 15 is 0 Å². The van der Waals surface area contributed by atoms with E-state index < -0.39 is 10.8 Å². The molecule has 2 aromatic rings. The van der Waals surface area contributed by atoms with Crippen molar-refractivity contribution in [2.45, 2.75) is 39.4 Å². The number of benzene rings is 1. The number of carbonyl (C=O) groups is 1. The van der Waals surface area contributed by atoms with Gasteiger partial charge in [-0.05, 0) is 50.3 Å². The van der Waals surface area contributed by atoms with E-state index in [0.29, 0.717) is 34.5 Å². The number of hydrogen-bond donors (Lipinski definition) is 1. The fourth-order valence-electron chi connectivity index (χ4n) is 4.22. The van der Waals surface area contributed by atoms with Crippen LogP contribution in [0.4, 0.5) is 0 Å². The summed E-state index contributed by atoms with van der Waals surface area (Å²) in [6.07, 6.45) is 2.20. The molecule has 1 aliphatic heterocycles. The van der Waals surface area contributed by atoms with Gasteiger partial charge in [-0.3, -0.25) is 9.00 Å². The van der Waals surface area contributed by atoms with Crippen molar-refractivity contribution in [1.29, 1.82) is 0 Å². The second-order valence-corrected chi connectivity index (χ2v) is 10.5. The van der Waals surface area contributed by atoms with E-state index in [1.165, 1.54) is 6.42 Å². The summed E-state index contributed by atoms with van der Waals surface area (Å²) in [5.41, 5.74) is 1.29. The third kappa shape index (κ3) is 7.16. The van der Waals surface area contributed by atoms with Gasteiger partial charge >= 0.3 is 0 Å². The van der Waals surface area contributed by atoms with Gasteiger partial charge in [-0.2, -0.15) is 0 Å². The second-order valence-electron chi connectivity index (χ2n) is 8.64. The van der Waals surface area contributed by atoms with Crippen LogP contribution in [-0.4, -0.2) is 51.9 Å². The fraction of sp³-hybridized carbons (Fsp3) is 0.565. The summed E-state index contributed by atoms with van der Waals surface area (Å²) in [5, 5.41) is 3.44. The molecule has 1 fully saturated rings. The van der Waals surface area contributed by atoms with Crippen LogP contribution in [-0.2, 0) is 21.3 Å². The zero-order chi connectivity index (χ0) is 22.4. The van der Waals surface area contributed by atoms with E-state index in [1.54, 1.807) is 13.0 Å².